The molecule has 2 aromatic rings. The molecular formula is C16H16ClNO. The van der Waals surface area contributed by atoms with Gasteiger partial charge in [0.1, 0.15) is 5.75 Å². The van der Waals surface area contributed by atoms with Crippen molar-refractivity contribution in [3.8, 4) is 5.75 Å². The van der Waals surface area contributed by atoms with Gasteiger partial charge in [0.15, 0.2) is 0 Å². The first-order chi connectivity index (χ1) is 9.20. The molecule has 0 aliphatic rings. The van der Waals surface area contributed by atoms with Crippen LogP contribution >= 0.6 is 11.6 Å². The van der Waals surface area contributed by atoms with E-state index in [1.165, 1.54) is 0 Å². The van der Waals surface area contributed by atoms with Gasteiger partial charge in [0, 0.05) is 16.8 Å². The summed E-state index contributed by atoms with van der Waals surface area (Å²) in [6.07, 6.45) is 1.79. The quantitative estimate of drug-likeness (QED) is 0.734. The molecule has 0 radical (unpaired) electrons. The summed E-state index contributed by atoms with van der Waals surface area (Å²) in [5.74, 6) is 0.796. The van der Waals surface area contributed by atoms with Crippen LogP contribution in [-0.2, 0) is 0 Å². The smallest absolute Gasteiger partial charge is 0.128 e. The molecular weight excluding hydrogens is 258 g/mol. The van der Waals surface area contributed by atoms with Crippen molar-refractivity contribution in [1.29, 1.82) is 0 Å². The highest BCUT2D eigenvalue weighted by Crippen LogP contribution is 2.23. The molecule has 0 saturated carbocycles. The molecule has 19 heavy (non-hydrogen) atoms. The highest BCUT2D eigenvalue weighted by atomic mass is 35.5. The van der Waals surface area contributed by atoms with Gasteiger partial charge in [-0.1, -0.05) is 29.8 Å². The lowest BCUT2D eigenvalue weighted by molar-refractivity contribution is 0.340. The van der Waals surface area contributed by atoms with Crippen molar-refractivity contribution in [3.05, 3.63) is 58.6 Å². The molecule has 2 rings (SSSR count). The van der Waals surface area contributed by atoms with Gasteiger partial charge in [-0.15, -0.1) is 0 Å². The lowest BCUT2D eigenvalue weighted by Gasteiger charge is -2.07. The molecule has 98 valence electrons. The average molecular weight is 274 g/mol. The Kier molecular flexibility index (Phi) is 4.58. The fourth-order valence-corrected chi connectivity index (χ4v) is 1.94. The summed E-state index contributed by atoms with van der Waals surface area (Å²) in [6, 6.07) is 13.5. The summed E-state index contributed by atoms with van der Waals surface area (Å²) in [5.41, 5.74) is 2.97. The molecule has 0 unspecified atom stereocenters. The van der Waals surface area contributed by atoms with Crippen LogP contribution in [0.4, 0.5) is 5.69 Å². The summed E-state index contributed by atoms with van der Waals surface area (Å²) in [6.45, 7) is 4.61. The normalized spacial score (nSPS) is 10.9. The molecule has 0 amide bonds. The molecule has 0 N–H and O–H groups in total. The van der Waals surface area contributed by atoms with Crippen LogP contribution in [0.1, 0.15) is 18.1 Å². The minimum Gasteiger partial charge on any atom is -0.493 e. The standard InChI is InChI=1S/C16H16ClNO/c1-3-19-16-9-8-14(17)10-13(16)11-18-15-7-5-4-6-12(15)2/h4-11H,3H2,1-2H3. The van der Waals surface area contributed by atoms with E-state index in [1.807, 2.05) is 56.3 Å². The van der Waals surface area contributed by atoms with Crippen molar-refractivity contribution < 1.29 is 4.74 Å². The second-order valence-electron chi connectivity index (χ2n) is 4.16. The van der Waals surface area contributed by atoms with Crippen LogP contribution in [0.25, 0.3) is 0 Å². The SMILES string of the molecule is CCOc1ccc(Cl)cc1C=Nc1ccccc1C. The molecule has 0 bridgehead atoms. The summed E-state index contributed by atoms with van der Waals surface area (Å²) in [7, 11) is 0. The van der Waals surface area contributed by atoms with Gasteiger partial charge in [-0.05, 0) is 43.7 Å². The van der Waals surface area contributed by atoms with Crippen molar-refractivity contribution in [3.63, 3.8) is 0 Å². The highest BCUT2D eigenvalue weighted by Gasteiger charge is 2.02. The first kappa shape index (κ1) is 13.6. The fourth-order valence-electron chi connectivity index (χ4n) is 1.75. The number of para-hydroxylation sites is 1. The van der Waals surface area contributed by atoms with E-state index in [0.29, 0.717) is 11.6 Å². The first-order valence-electron chi connectivity index (χ1n) is 6.22. The minimum atomic E-state index is 0.618. The summed E-state index contributed by atoms with van der Waals surface area (Å²) in [5, 5.41) is 0.676. The fraction of sp³-hybridized carbons (Fsp3) is 0.188. The molecule has 0 aliphatic heterocycles. The minimum absolute atomic E-state index is 0.618. The van der Waals surface area contributed by atoms with Gasteiger partial charge in [0.25, 0.3) is 0 Å². The van der Waals surface area contributed by atoms with E-state index in [9.17, 15) is 0 Å². The Morgan fingerprint density at radius 2 is 2.00 bits per heavy atom. The maximum Gasteiger partial charge on any atom is 0.128 e. The number of benzene rings is 2. The third-order valence-electron chi connectivity index (χ3n) is 2.73. The van der Waals surface area contributed by atoms with Gasteiger partial charge in [-0.25, -0.2) is 0 Å². The topological polar surface area (TPSA) is 21.6 Å². The zero-order valence-electron chi connectivity index (χ0n) is 11.1. The van der Waals surface area contributed by atoms with Crippen LogP contribution in [0.3, 0.4) is 0 Å². The van der Waals surface area contributed by atoms with Crippen LogP contribution in [0.15, 0.2) is 47.5 Å². The van der Waals surface area contributed by atoms with E-state index < -0.39 is 0 Å². The van der Waals surface area contributed by atoms with Crippen LogP contribution in [0, 0.1) is 6.92 Å². The predicted molar refractivity (Wildman–Crippen MR) is 81.1 cm³/mol. The summed E-state index contributed by atoms with van der Waals surface area (Å²) in [4.78, 5) is 4.50. The molecule has 3 heteroatoms. The number of aryl methyl sites for hydroxylation is 1. The highest BCUT2D eigenvalue weighted by molar-refractivity contribution is 6.30. The summed E-state index contributed by atoms with van der Waals surface area (Å²) < 4.78 is 5.56. The molecule has 0 spiro atoms. The van der Waals surface area contributed by atoms with Crippen LogP contribution < -0.4 is 4.74 Å². The summed E-state index contributed by atoms with van der Waals surface area (Å²) >= 11 is 6.01. The Morgan fingerprint density at radius 1 is 1.21 bits per heavy atom. The van der Waals surface area contributed by atoms with E-state index >= 15 is 0 Å². The van der Waals surface area contributed by atoms with Crippen molar-refractivity contribution in [2.75, 3.05) is 6.61 Å². The van der Waals surface area contributed by atoms with Crippen molar-refractivity contribution in [2.24, 2.45) is 4.99 Å². The Balaban J connectivity index is 2.32. The monoisotopic (exact) mass is 273 g/mol. The van der Waals surface area contributed by atoms with Gasteiger partial charge in [-0.3, -0.25) is 4.99 Å². The number of halogens is 1. The molecule has 0 fully saturated rings. The Bertz CT molecular complexity index is 593. The molecule has 2 nitrogen and oxygen atoms in total. The van der Waals surface area contributed by atoms with Gasteiger partial charge in [-0.2, -0.15) is 0 Å². The van der Waals surface area contributed by atoms with E-state index in [2.05, 4.69) is 4.99 Å². The third kappa shape index (κ3) is 3.58. The molecule has 0 heterocycles. The molecule has 0 atom stereocenters. The average Bonchev–Trinajstić information content (AvgIpc) is 2.41. The second kappa shape index (κ2) is 6.39. The van der Waals surface area contributed by atoms with Crippen molar-refractivity contribution in [2.45, 2.75) is 13.8 Å². The molecule has 0 aliphatic carbocycles. The van der Waals surface area contributed by atoms with Gasteiger partial charge in [0.2, 0.25) is 0 Å². The van der Waals surface area contributed by atoms with Crippen molar-refractivity contribution >= 4 is 23.5 Å². The molecule has 2 aromatic carbocycles. The van der Waals surface area contributed by atoms with E-state index in [-0.39, 0.29) is 0 Å². The zero-order valence-corrected chi connectivity index (χ0v) is 11.8. The maximum atomic E-state index is 6.01. The number of nitrogens with zero attached hydrogens (tertiary/aromatic N) is 1. The Labute approximate surface area is 118 Å². The lowest BCUT2D eigenvalue weighted by atomic mass is 10.2. The van der Waals surface area contributed by atoms with Crippen LogP contribution in [0.5, 0.6) is 5.75 Å². The van der Waals surface area contributed by atoms with E-state index in [1.54, 1.807) is 6.21 Å². The Morgan fingerprint density at radius 3 is 2.74 bits per heavy atom. The van der Waals surface area contributed by atoms with E-state index in [4.69, 9.17) is 16.3 Å². The number of aliphatic imine (C=N–C) groups is 1. The van der Waals surface area contributed by atoms with E-state index in [0.717, 1.165) is 22.6 Å². The lowest BCUT2D eigenvalue weighted by Crippen LogP contribution is -1.95. The predicted octanol–water partition coefficient (Wildman–Crippen LogP) is 4.80. The van der Waals surface area contributed by atoms with Crippen LogP contribution in [-0.4, -0.2) is 12.8 Å². The second-order valence-corrected chi connectivity index (χ2v) is 4.60. The van der Waals surface area contributed by atoms with Gasteiger partial charge < -0.3 is 4.74 Å². The van der Waals surface area contributed by atoms with Gasteiger partial charge in [0.05, 0.1) is 12.3 Å². The zero-order chi connectivity index (χ0) is 13.7. The number of hydrogen-bond donors (Lipinski definition) is 0. The van der Waals surface area contributed by atoms with Crippen LogP contribution in [0.2, 0.25) is 5.02 Å². The van der Waals surface area contributed by atoms with Crippen molar-refractivity contribution in [1.82, 2.24) is 0 Å². The number of ether oxygens (including phenoxy) is 1. The number of hydrogen-bond acceptors (Lipinski definition) is 2. The maximum absolute atomic E-state index is 6.01. The number of rotatable bonds is 4. The molecule has 0 aromatic heterocycles. The first-order valence-corrected chi connectivity index (χ1v) is 6.60. The Hall–Kier alpha value is -1.80. The largest absolute Gasteiger partial charge is 0.493 e. The third-order valence-corrected chi connectivity index (χ3v) is 2.96. The van der Waals surface area contributed by atoms with Gasteiger partial charge >= 0.3 is 0 Å². The molecule has 0 saturated heterocycles.